The van der Waals surface area contributed by atoms with Gasteiger partial charge in [-0.3, -0.25) is 0 Å². The maximum absolute atomic E-state index is 10.4. The van der Waals surface area contributed by atoms with Crippen LogP contribution in [0, 0.1) is 0 Å². The third kappa shape index (κ3) is 6.10. The first-order valence-electron chi connectivity index (χ1n) is 9.53. The van der Waals surface area contributed by atoms with Crippen molar-refractivity contribution in [2.75, 3.05) is 6.54 Å². The molecule has 3 aromatic carbocycles. The van der Waals surface area contributed by atoms with E-state index >= 15 is 0 Å². The highest BCUT2D eigenvalue weighted by atomic mass is 35.5. The van der Waals surface area contributed by atoms with Gasteiger partial charge in [-0.25, -0.2) is 0 Å². The van der Waals surface area contributed by atoms with E-state index in [4.69, 9.17) is 16.3 Å². The normalized spacial score (nSPS) is 13.1. The van der Waals surface area contributed by atoms with Crippen molar-refractivity contribution < 1.29 is 9.84 Å². The summed E-state index contributed by atoms with van der Waals surface area (Å²) in [6.07, 6.45) is 0.221. The fourth-order valence-corrected chi connectivity index (χ4v) is 3.29. The molecule has 0 saturated carbocycles. The van der Waals surface area contributed by atoms with Gasteiger partial charge in [0.05, 0.1) is 6.10 Å². The van der Waals surface area contributed by atoms with Gasteiger partial charge in [-0.1, -0.05) is 72.3 Å². The zero-order valence-electron chi connectivity index (χ0n) is 16.0. The third-order valence-electron chi connectivity index (χ3n) is 4.63. The van der Waals surface area contributed by atoms with Crippen LogP contribution in [0.1, 0.15) is 29.7 Å². The second kappa shape index (κ2) is 10.3. The Morgan fingerprint density at radius 2 is 1.71 bits per heavy atom. The number of para-hydroxylation sites is 1. The van der Waals surface area contributed by atoms with Crippen LogP contribution in [0.3, 0.4) is 0 Å². The number of nitrogens with one attached hydrogen (secondary N) is 1. The van der Waals surface area contributed by atoms with E-state index in [-0.39, 0.29) is 6.04 Å². The molecule has 0 aliphatic rings. The fourth-order valence-electron chi connectivity index (χ4n) is 3.10. The lowest BCUT2D eigenvalue weighted by Gasteiger charge is -2.19. The van der Waals surface area contributed by atoms with E-state index in [2.05, 4.69) is 30.4 Å². The zero-order valence-corrected chi connectivity index (χ0v) is 16.8. The molecule has 3 rings (SSSR count). The summed E-state index contributed by atoms with van der Waals surface area (Å²) >= 11 is 6.00. The van der Waals surface area contributed by atoms with Crippen molar-refractivity contribution >= 4 is 11.6 Å². The number of aliphatic hydroxyl groups is 1. The number of rotatable bonds is 9. The van der Waals surface area contributed by atoms with E-state index in [1.165, 1.54) is 0 Å². The van der Waals surface area contributed by atoms with Crippen molar-refractivity contribution in [3.05, 3.63) is 101 Å². The largest absolute Gasteiger partial charge is 0.489 e. The summed E-state index contributed by atoms with van der Waals surface area (Å²) in [5.41, 5.74) is 3.11. The molecule has 1 unspecified atom stereocenters. The lowest BCUT2D eigenvalue weighted by molar-refractivity contribution is 0.170. The maximum atomic E-state index is 10.4. The van der Waals surface area contributed by atoms with Crippen molar-refractivity contribution in [2.24, 2.45) is 0 Å². The summed E-state index contributed by atoms with van der Waals surface area (Å²) in [4.78, 5) is 0. The molecule has 0 radical (unpaired) electrons. The molecule has 3 aromatic rings. The van der Waals surface area contributed by atoms with E-state index in [0.717, 1.165) is 28.9 Å². The van der Waals surface area contributed by atoms with Gasteiger partial charge in [0.2, 0.25) is 0 Å². The Balaban J connectivity index is 1.54. The number of hydrogen-bond donors (Lipinski definition) is 2. The third-order valence-corrected chi connectivity index (χ3v) is 4.86. The first kappa shape index (κ1) is 20.4. The van der Waals surface area contributed by atoms with Crippen LogP contribution in [-0.4, -0.2) is 17.7 Å². The fraction of sp³-hybridized carbons (Fsp3) is 0.250. The van der Waals surface area contributed by atoms with E-state index in [9.17, 15) is 5.11 Å². The van der Waals surface area contributed by atoms with Crippen LogP contribution in [0.4, 0.5) is 0 Å². The molecule has 146 valence electrons. The molecule has 0 fully saturated rings. The Hall–Kier alpha value is -2.33. The monoisotopic (exact) mass is 395 g/mol. The highest BCUT2D eigenvalue weighted by Crippen LogP contribution is 2.22. The van der Waals surface area contributed by atoms with Crippen molar-refractivity contribution in [1.82, 2.24) is 5.32 Å². The van der Waals surface area contributed by atoms with Crippen molar-refractivity contribution in [3.8, 4) is 5.75 Å². The molecule has 0 spiro atoms. The van der Waals surface area contributed by atoms with E-state index in [0.29, 0.717) is 18.2 Å². The predicted molar refractivity (Wildman–Crippen MR) is 115 cm³/mol. The Kier molecular flexibility index (Phi) is 7.49. The first-order chi connectivity index (χ1) is 13.6. The van der Waals surface area contributed by atoms with Crippen LogP contribution in [0.5, 0.6) is 5.75 Å². The molecule has 0 amide bonds. The van der Waals surface area contributed by atoms with Gasteiger partial charge in [0, 0.05) is 17.6 Å². The van der Waals surface area contributed by atoms with Crippen LogP contribution in [-0.2, 0) is 13.0 Å². The minimum atomic E-state index is -0.592. The molecule has 28 heavy (non-hydrogen) atoms. The topological polar surface area (TPSA) is 41.5 Å². The van der Waals surface area contributed by atoms with Crippen LogP contribution in [0.15, 0.2) is 78.9 Å². The number of halogens is 1. The first-order valence-corrected chi connectivity index (χ1v) is 9.91. The molecule has 4 heteroatoms. The molecule has 0 aliphatic carbocycles. The standard InChI is InChI=1S/C24H26ClNO2/c1-18(26-16-23(27)20-11-7-12-22(25)15-20)14-21-10-5-6-13-24(21)28-17-19-8-3-2-4-9-19/h2-13,15,18,23,26-27H,14,16-17H2,1H3/t18?,23-/m0/s1. The van der Waals surface area contributed by atoms with Crippen molar-refractivity contribution in [3.63, 3.8) is 0 Å². The quantitative estimate of drug-likeness (QED) is 0.525. The van der Waals surface area contributed by atoms with Crippen LogP contribution in [0.2, 0.25) is 5.02 Å². The Bertz CT molecular complexity index is 869. The van der Waals surface area contributed by atoms with Crippen LogP contribution in [0.25, 0.3) is 0 Å². The molecular formula is C24H26ClNO2. The van der Waals surface area contributed by atoms with E-state index < -0.39 is 6.10 Å². The summed E-state index contributed by atoms with van der Waals surface area (Å²) in [6.45, 7) is 3.13. The van der Waals surface area contributed by atoms with Gasteiger partial charge in [0.1, 0.15) is 12.4 Å². The molecular weight excluding hydrogens is 370 g/mol. The second-order valence-electron chi connectivity index (χ2n) is 6.97. The maximum Gasteiger partial charge on any atom is 0.123 e. The lowest BCUT2D eigenvalue weighted by Crippen LogP contribution is -2.32. The van der Waals surface area contributed by atoms with Gasteiger partial charge >= 0.3 is 0 Å². The Morgan fingerprint density at radius 3 is 2.50 bits per heavy atom. The average Bonchev–Trinajstić information content (AvgIpc) is 2.72. The summed E-state index contributed by atoms with van der Waals surface area (Å²) in [7, 11) is 0. The average molecular weight is 396 g/mol. The van der Waals surface area contributed by atoms with Gasteiger partial charge in [-0.05, 0) is 48.2 Å². The van der Waals surface area contributed by atoms with Crippen molar-refractivity contribution in [1.29, 1.82) is 0 Å². The van der Waals surface area contributed by atoms with Crippen molar-refractivity contribution in [2.45, 2.75) is 32.1 Å². The van der Waals surface area contributed by atoms with Crippen LogP contribution < -0.4 is 10.1 Å². The molecule has 0 bridgehead atoms. The zero-order chi connectivity index (χ0) is 19.8. The molecule has 0 aliphatic heterocycles. The van der Waals surface area contributed by atoms with Gasteiger partial charge in [-0.2, -0.15) is 0 Å². The summed E-state index contributed by atoms with van der Waals surface area (Å²) in [6, 6.07) is 25.8. The van der Waals surface area contributed by atoms with E-state index in [1.54, 1.807) is 12.1 Å². The van der Waals surface area contributed by atoms with Gasteiger partial charge in [0.15, 0.2) is 0 Å². The number of aliphatic hydroxyl groups excluding tert-OH is 1. The van der Waals surface area contributed by atoms with Gasteiger partial charge in [0.25, 0.3) is 0 Å². The lowest BCUT2D eigenvalue weighted by atomic mass is 10.0. The summed E-state index contributed by atoms with van der Waals surface area (Å²) < 4.78 is 6.04. The highest BCUT2D eigenvalue weighted by Gasteiger charge is 2.12. The minimum Gasteiger partial charge on any atom is -0.489 e. The Morgan fingerprint density at radius 1 is 0.964 bits per heavy atom. The van der Waals surface area contributed by atoms with Crippen LogP contribution >= 0.6 is 11.6 Å². The SMILES string of the molecule is CC(Cc1ccccc1OCc1ccccc1)NC[C@H](O)c1cccc(Cl)c1. The Labute approximate surface area is 171 Å². The molecule has 2 atom stereocenters. The molecule has 0 aromatic heterocycles. The van der Waals surface area contributed by atoms with E-state index in [1.807, 2.05) is 48.5 Å². The summed E-state index contributed by atoms with van der Waals surface area (Å²) in [5.74, 6) is 0.899. The molecule has 0 saturated heterocycles. The van der Waals surface area contributed by atoms with Gasteiger partial charge in [-0.15, -0.1) is 0 Å². The smallest absolute Gasteiger partial charge is 0.123 e. The molecule has 0 heterocycles. The number of hydrogen-bond acceptors (Lipinski definition) is 3. The predicted octanol–water partition coefficient (Wildman–Crippen LogP) is 5.17. The second-order valence-corrected chi connectivity index (χ2v) is 7.40. The summed E-state index contributed by atoms with van der Waals surface area (Å²) in [5, 5.41) is 14.4. The van der Waals surface area contributed by atoms with Gasteiger partial charge < -0.3 is 15.2 Å². The number of ether oxygens (including phenoxy) is 1. The number of benzene rings is 3. The molecule has 2 N–H and O–H groups in total. The minimum absolute atomic E-state index is 0.190. The highest BCUT2D eigenvalue weighted by molar-refractivity contribution is 6.30. The molecule has 3 nitrogen and oxygen atoms in total.